The Labute approximate surface area is 182 Å². The van der Waals surface area contributed by atoms with Crippen LogP contribution in [0.15, 0.2) is 18.2 Å². The van der Waals surface area contributed by atoms with Crippen LogP contribution in [-0.2, 0) is 9.85 Å². The lowest BCUT2D eigenvalue weighted by Gasteiger charge is -2.22. The summed E-state index contributed by atoms with van der Waals surface area (Å²) in [5.41, 5.74) is -2.53. The first-order valence-corrected chi connectivity index (χ1v) is 12.2. The average molecular weight is 546 g/mol. The second-order valence-electron chi connectivity index (χ2n) is 7.27. The number of rotatable bonds is 7. The first-order chi connectivity index (χ1) is 13.1. The topological polar surface area (TPSA) is 22.1 Å². The van der Waals surface area contributed by atoms with Gasteiger partial charge in [-0.3, -0.25) is 0 Å². The molecule has 1 fully saturated rings. The first-order valence-electron chi connectivity index (χ1n) is 8.58. The van der Waals surface area contributed by atoms with E-state index >= 15 is 4.39 Å². The Balaban J connectivity index is 2.20. The van der Waals surface area contributed by atoms with Gasteiger partial charge in [-0.15, -0.1) is 0 Å². The molecule has 1 unspecified atom stereocenters. The van der Waals surface area contributed by atoms with E-state index in [0.717, 1.165) is 28.1 Å². The van der Waals surface area contributed by atoms with Crippen molar-refractivity contribution in [3.8, 4) is 11.3 Å². The van der Waals surface area contributed by atoms with E-state index in [2.05, 4.69) is 4.98 Å². The lowest BCUT2D eigenvalue weighted by atomic mass is 9.92. The van der Waals surface area contributed by atoms with Gasteiger partial charge in [-0.05, 0) is 44.7 Å². The van der Waals surface area contributed by atoms with Crippen LogP contribution < -0.4 is 0 Å². The zero-order chi connectivity index (χ0) is 20.6. The van der Waals surface area contributed by atoms with Crippen LogP contribution >= 0.6 is 42.0 Å². The van der Waals surface area contributed by atoms with Gasteiger partial charge in [-0.2, -0.15) is 0 Å². The van der Waals surface area contributed by atoms with Crippen molar-refractivity contribution < 1.29 is 21.7 Å². The van der Waals surface area contributed by atoms with Crippen molar-refractivity contribution in [3.63, 3.8) is 0 Å². The molecule has 1 saturated carbocycles. The van der Waals surface area contributed by atoms with Crippen LogP contribution in [0.4, 0.5) is 17.6 Å². The molecule has 9 heteroatoms. The smallest absolute Gasteiger partial charge is 0.155 e. The van der Waals surface area contributed by atoms with Crippen molar-refractivity contribution in [1.82, 2.24) is 4.98 Å². The van der Waals surface area contributed by atoms with Crippen molar-refractivity contribution >= 4 is 42.0 Å². The van der Waals surface area contributed by atoms with Crippen LogP contribution in [0.2, 0.25) is 5.02 Å². The molecule has 28 heavy (non-hydrogen) atoms. The average Bonchev–Trinajstić information content (AvgIpc) is 3.43. The van der Waals surface area contributed by atoms with E-state index in [9.17, 15) is 13.2 Å². The minimum atomic E-state index is -2.02. The van der Waals surface area contributed by atoms with Gasteiger partial charge >= 0.3 is 0 Å². The Hall–Kier alpha value is -0.580. The zero-order valence-corrected chi connectivity index (χ0v) is 18.8. The number of benzene rings is 1. The summed E-state index contributed by atoms with van der Waals surface area (Å²) in [5.74, 6) is -2.87. The molecule has 152 valence electrons. The summed E-state index contributed by atoms with van der Waals surface area (Å²) in [6.07, 6.45) is 1.92. The van der Waals surface area contributed by atoms with Crippen LogP contribution in [0, 0.1) is 23.4 Å². The molecular formula is C19H17ClF4INOS. The van der Waals surface area contributed by atoms with Crippen molar-refractivity contribution in [2.45, 2.75) is 38.3 Å². The second kappa shape index (κ2) is 8.65. The van der Waals surface area contributed by atoms with Gasteiger partial charge in [0.05, 0.1) is 20.8 Å². The highest BCUT2D eigenvalue weighted by Crippen LogP contribution is 2.45. The molecule has 0 amide bonds. The van der Waals surface area contributed by atoms with Crippen LogP contribution in [0.25, 0.3) is 11.3 Å². The number of hydrogen-bond acceptors (Lipinski definition) is 3. The van der Waals surface area contributed by atoms with E-state index in [4.69, 9.17) is 15.8 Å². The fourth-order valence-electron chi connectivity index (χ4n) is 3.11. The van der Waals surface area contributed by atoms with Crippen LogP contribution in [0.5, 0.6) is 0 Å². The lowest BCUT2D eigenvalue weighted by Crippen LogP contribution is -2.18. The molecule has 1 aliphatic carbocycles. The highest BCUT2D eigenvalue weighted by molar-refractivity contribution is 14.2. The quantitative estimate of drug-likeness (QED) is 0.155. The molecule has 0 bridgehead atoms. The Morgan fingerprint density at radius 2 is 1.93 bits per heavy atom. The summed E-state index contributed by atoms with van der Waals surface area (Å²) >= 11 is 7.75. The number of aromatic nitrogens is 1. The maximum absolute atomic E-state index is 15.1. The SMILES string of the molecule is CC(C)(F)c1cc(C(COSI)C2CC2)nc(-c2cc(Cl)c(F)cc2F)c1F. The van der Waals surface area contributed by atoms with Gasteiger partial charge in [0.2, 0.25) is 0 Å². The maximum Gasteiger partial charge on any atom is 0.155 e. The minimum Gasteiger partial charge on any atom is -0.305 e. The number of pyridine rings is 1. The van der Waals surface area contributed by atoms with Gasteiger partial charge in [0.15, 0.2) is 5.82 Å². The molecule has 1 heterocycles. The third-order valence-electron chi connectivity index (χ3n) is 4.75. The molecule has 1 aliphatic rings. The molecule has 1 atom stereocenters. The molecule has 2 aromatic rings. The monoisotopic (exact) mass is 545 g/mol. The second-order valence-corrected chi connectivity index (χ2v) is 9.11. The van der Waals surface area contributed by atoms with Crippen molar-refractivity contribution in [2.75, 3.05) is 6.61 Å². The molecule has 1 aromatic heterocycles. The predicted molar refractivity (Wildman–Crippen MR) is 112 cm³/mol. The molecule has 2 nitrogen and oxygen atoms in total. The fourth-order valence-corrected chi connectivity index (χ4v) is 3.92. The first kappa shape index (κ1) is 22.1. The highest BCUT2D eigenvalue weighted by atomic mass is 127. The molecule has 0 N–H and O–H groups in total. The van der Waals surface area contributed by atoms with Gasteiger partial charge in [0.1, 0.15) is 23.0 Å². The molecule has 0 aliphatic heterocycles. The Bertz CT molecular complexity index is 889. The molecule has 0 spiro atoms. The van der Waals surface area contributed by atoms with Crippen molar-refractivity contribution in [3.05, 3.63) is 51.9 Å². The van der Waals surface area contributed by atoms with E-state index in [0.29, 0.717) is 18.4 Å². The van der Waals surface area contributed by atoms with Crippen LogP contribution in [-0.4, -0.2) is 11.6 Å². The Kier molecular flexibility index (Phi) is 6.83. The fraction of sp³-hybridized carbons (Fsp3) is 0.421. The lowest BCUT2D eigenvalue weighted by molar-refractivity contribution is 0.213. The number of nitrogens with zero attached hydrogens (tertiary/aromatic N) is 1. The number of halogens is 6. The van der Waals surface area contributed by atoms with Crippen LogP contribution in [0.1, 0.15) is 43.9 Å². The third kappa shape index (κ3) is 4.76. The van der Waals surface area contributed by atoms with E-state index in [1.165, 1.54) is 19.9 Å². The predicted octanol–water partition coefficient (Wildman–Crippen LogP) is 7.53. The van der Waals surface area contributed by atoms with Gasteiger partial charge in [-0.1, -0.05) is 11.6 Å². The standard InChI is InChI=1S/C19H17ClF4INOS/c1-19(2,24)12-6-16(11(8-27-28-25)9-3-4-9)26-18(17(12)23)10-5-13(20)15(22)7-14(10)21/h5-7,9,11H,3-4,8H2,1-2H3. The van der Waals surface area contributed by atoms with Crippen molar-refractivity contribution in [2.24, 2.45) is 5.92 Å². The summed E-state index contributed by atoms with van der Waals surface area (Å²) in [4.78, 5) is 4.31. The van der Waals surface area contributed by atoms with E-state index in [1.807, 2.05) is 21.2 Å². The maximum atomic E-state index is 15.1. The Morgan fingerprint density at radius 1 is 1.25 bits per heavy atom. The van der Waals surface area contributed by atoms with Gasteiger partial charge in [0, 0.05) is 50.0 Å². The third-order valence-corrected chi connectivity index (χ3v) is 6.02. The summed E-state index contributed by atoms with van der Waals surface area (Å²) < 4.78 is 63.3. The van der Waals surface area contributed by atoms with Gasteiger partial charge in [-0.25, -0.2) is 22.5 Å². The molecule has 3 rings (SSSR count). The summed E-state index contributed by atoms with van der Waals surface area (Å²) in [7, 11) is 1.16. The molecule has 0 saturated heterocycles. The highest BCUT2D eigenvalue weighted by Gasteiger charge is 2.36. The Morgan fingerprint density at radius 3 is 2.50 bits per heavy atom. The minimum absolute atomic E-state index is 0.179. The van der Waals surface area contributed by atoms with E-state index < -0.39 is 23.1 Å². The summed E-state index contributed by atoms with van der Waals surface area (Å²) in [5, 5.41) is -0.368. The normalized spacial score (nSPS) is 15.7. The van der Waals surface area contributed by atoms with Gasteiger partial charge < -0.3 is 4.18 Å². The van der Waals surface area contributed by atoms with Crippen LogP contribution in [0.3, 0.4) is 0 Å². The van der Waals surface area contributed by atoms with Crippen molar-refractivity contribution in [1.29, 1.82) is 0 Å². The van der Waals surface area contributed by atoms with E-state index in [1.54, 1.807) is 0 Å². The number of alkyl halides is 1. The molecular weight excluding hydrogens is 529 g/mol. The van der Waals surface area contributed by atoms with E-state index in [-0.39, 0.29) is 33.7 Å². The number of hydrogen-bond donors (Lipinski definition) is 0. The summed E-state index contributed by atoms with van der Waals surface area (Å²) in [6.45, 7) is 2.75. The molecule has 0 radical (unpaired) electrons. The zero-order valence-electron chi connectivity index (χ0n) is 15.0. The largest absolute Gasteiger partial charge is 0.305 e. The van der Waals surface area contributed by atoms with Gasteiger partial charge in [0.25, 0.3) is 0 Å². The summed E-state index contributed by atoms with van der Waals surface area (Å²) in [6, 6.07) is 2.92. The molecule has 1 aromatic carbocycles.